The first kappa shape index (κ1) is 17.5. The van der Waals surface area contributed by atoms with Gasteiger partial charge in [0.2, 0.25) is 5.91 Å². The van der Waals surface area contributed by atoms with Gasteiger partial charge in [0.05, 0.1) is 6.04 Å². The first-order valence-corrected chi connectivity index (χ1v) is 8.14. The van der Waals surface area contributed by atoms with Crippen molar-refractivity contribution in [2.45, 2.75) is 32.9 Å². The maximum absolute atomic E-state index is 12.2. The lowest BCUT2D eigenvalue weighted by molar-refractivity contribution is -0.134. The zero-order valence-electron chi connectivity index (χ0n) is 14.7. The van der Waals surface area contributed by atoms with Gasteiger partial charge in [0.25, 0.3) is 5.91 Å². The molecule has 2 rings (SSSR count). The molecule has 0 bridgehead atoms. The second kappa shape index (κ2) is 7.13. The molecular weight excluding hydrogens is 290 g/mol. The zero-order valence-corrected chi connectivity index (χ0v) is 14.7. The van der Waals surface area contributed by atoms with Crippen LogP contribution in [-0.2, 0) is 4.79 Å². The normalized spacial score (nSPS) is 19.0. The summed E-state index contributed by atoms with van der Waals surface area (Å²) in [5.74, 6) is 0.0699. The van der Waals surface area contributed by atoms with Crippen LogP contribution in [0.2, 0.25) is 0 Å². The minimum absolute atomic E-state index is 0.00133. The Labute approximate surface area is 138 Å². The third kappa shape index (κ3) is 3.91. The Balaban J connectivity index is 2.33. The number of rotatable bonds is 3. The summed E-state index contributed by atoms with van der Waals surface area (Å²) in [4.78, 5) is 30.1. The third-order valence-corrected chi connectivity index (χ3v) is 4.47. The highest BCUT2D eigenvalue weighted by Crippen LogP contribution is 2.27. The Morgan fingerprint density at radius 3 is 2.48 bits per heavy atom. The van der Waals surface area contributed by atoms with E-state index >= 15 is 0 Å². The van der Waals surface area contributed by atoms with Gasteiger partial charge in [0.1, 0.15) is 0 Å². The van der Waals surface area contributed by atoms with Crippen molar-refractivity contribution in [2.24, 2.45) is 0 Å². The van der Waals surface area contributed by atoms with Crippen LogP contribution in [0.15, 0.2) is 24.3 Å². The summed E-state index contributed by atoms with van der Waals surface area (Å²) >= 11 is 0. The molecule has 0 saturated carbocycles. The standard InChI is InChI=1S/C18H27N3O2/c1-13(2)20-9-10-21(14(3)22)17(12-20)15-7-6-8-16(11-15)18(23)19(4)5/h6-8,11,13,17H,9-10,12H2,1-5H3/t17-/m1/s1. The Morgan fingerprint density at radius 1 is 1.22 bits per heavy atom. The number of hydrogen-bond acceptors (Lipinski definition) is 3. The Bertz CT molecular complexity index is 583. The van der Waals surface area contributed by atoms with Crippen molar-refractivity contribution >= 4 is 11.8 Å². The monoisotopic (exact) mass is 317 g/mol. The highest BCUT2D eigenvalue weighted by atomic mass is 16.2. The molecule has 0 radical (unpaired) electrons. The van der Waals surface area contributed by atoms with Crippen LogP contribution in [0, 0.1) is 0 Å². The van der Waals surface area contributed by atoms with E-state index in [0.29, 0.717) is 11.6 Å². The zero-order chi connectivity index (χ0) is 17.1. The highest BCUT2D eigenvalue weighted by Gasteiger charge is 2.31. The van der Waals surface area contributed by atoms with E-state index in [0.717, 1.165) is 25.2 Å². The van der Waals surface area contributed by atoms with E-state index in [-0.39, 0.29) is 17.9 Å². The predicted octanol–water partition coefficient (Wildman–Crippen LogP) is 2.00. The maximum atomic E-state index is 12.2. The van der Waals surface area contributed by atoms with E-state index in [1.54, 1.807) is 25.9 Å². The minimum atomic E-state index is -0.0160. The summed E-state index contributed by atoms with van der Waals surface area (Å²) in [5, 5.41) is 0. The number of hydrogen-bond donors (Lipinski definition) is 0. The van der Waals surface area contributed by atoms with E-state index in [2.05, 4.69) is 18.7 Å². The van der Waals surface area contributed by atoms with Gasteiger partial charge >= 0.3 is 0 Å². The Morgan fingerprint density at radius 2 is 1.91 bits per heavy atom. The minimum Gasteiger partial charge on any atom is -0.345 e. The van der Waals surface area contributed by atoms with Crippen molar-refractivity contribution in [3.8, 4) is 0 Å². The topological polar surface area (TPSA) is 43.9 Å². The van der Waals surface area contributed by atoms with E-state index in [4.69, 9.17) is 0 Å². The molecule has 1 atom stereocenters. The fourth-order valence-electron chi connectivity index (χ4n) is 3.07. The van der Waals surface area contributed by atoms with Gasteiger partial charge in [0, 0.05) is 52.3 Å². The molecule has 0 aromatic heterocycles. The third-order valence-electron chi connectivity index (χ3n) is 4.47. The molecule has 0 unspecified atom stereocenters. The molecule has 1 aromatic rings. The number of nitrogens with zero attached hydrogens (tertiary/aromatic N) is 3. The van der Waals surface area contributed by atoms with Crippen molar-refractivity contribution in [2.75, 3.05) is 33.7 Å². The lowest BCUT2D eigenvalue weighted by atomic mass is 9.99. The summed E-state index contributed by atoms with van der Waals surface area (Å²) in [5.41, 5.74) is 1.69. The molecule has 0 spiro atoms. The van der Waals surface area contributed by atoms with Gasteiger partial charge in [0.15, 0.2) is 0 Å². The average Bonchev–Trinajstić information content (AvgIpc) is 2.53. The number of carbonyl (C=O) groups is 2. The highest BCUT2D eigenvalue weighted by molar-refractivity contribution is 5.94. The van der Waals surface area contributed by atoms with Gasteiger partial charge in [-0.15, -0.1) is 0 Å². The molecule has 1 aliphatic heterocycles. The van der Waals surface area contributed by atoms with Crippen molar-refractivity contribution in [3.05, 3.63) is 35.4 Å². The smallest absolute Gasteiger partial charge is 0.253 e. The number of piperazine rings is 1. The molecule has 2 amide bonds. The van der Waals surface area contributed by atoms with E-state index in [1.807, 2.05) is 29.2 Å². The lowest BCUT2D eigenvalue weighted by Crippen LogP contribution is -2.52. The van der Waals surface area contributed by atoms with E-state index in [1.165, 1.54) is 0 Å². The van der Waals surface area contributed by atoms with Gasteiger partial charge in [-0.1, -0.05) is 12.1 Å². The summed E-state index contributed by atoms with van der Waals surface area (Å²) in [6, 6.07) is 8.10. The van der Waals surface area contributed by atoms with Crippen LogP contribution in [0.25, 0.3) is 0 Å². The predicted molar refractivity (Wildman–Crippen MR) is 91.3 cm³/mol. The van der Waals surface area contributed by atoms with Gasteiger partial charge in [-0.3, -0.25) is 14.5 Å². The van der Waals surface area contributed by atoms with Gasteiger partial charge < -0.3 is 9.80 Å². The molecule has 1 saturated heterocycles. The largest absolute Gasteiger partial charge is 0.345 e. The molecular formula is C18H27N3O2. The number of carbonyl (C=O) groups excluding carboxylic acids is 2. The first-order chi connectivity index (χ1) is 10.8. The van der Waals surface area contributed by atoms with Crippen LogP contribution in [-0.4, -0.2) is 66.3 Å². The molecule has 1 fully saturated rings. The van der Waals surface area contributed by atoms with Crippen LogP contribution in [0.5, 0.6) is 0 Å². The summed E-state index contributed by atoms with van der Waals surface area (Å²) in [6.45, 7) is 8.39. The maximum Gasteiger partial charge on any atom is 0.253 e. The molecule has 5 nitrogen and oxygen atoms in total. The second-order valence-corrected chi connectivity index (χ2v) is 6.64. The Hall–Kier alpha value is -1.88. The van der Waals surface area contributed by atoms with Crippen LogP contribution in [0.4, 0.5) is 0 Å². The molecule has 0 aliphatic carbocycles. The lowest BCUT2D eigenvalue weighted by Gasteiger charge is -2.43. The van der Waals surface area contributed by atoms with E-state index in [9.17, 15) is 9.59 Å². The van der Waals surface area contributed by atoms with Crippen LogP contribution < -0.4 is 0 Å². The van der Waals surface area contributed by atoms with Gasteiger partial charge in [-0.2, -0.15) is 0 Å². The number of benzene rings is 1. The SMILES string of the molecule is CC(=O)N1CCN(C(C)C)C[C@@H]1c1cccc(C(=O)N(C)C)c1. The molecule has 1 heterocycles. The molecule has 126 valence electrons. The quantitative estimate of drug-likeness (QED) is 0.856. The summed E-state index contributed by atoms with van der Waals surface area (Å²) in [7, 11) is 3.50. The molecule has 5 heteroatoms. The summed E-state index contributed by atoms with van der Waals surface area (Å²) < 4.78 is 0. The Kier molecular flexibility index (Phi) is 5.42. The van der Waals surface area contributed by atoms with Gasteiger partial charge in [-0.25, -0.2) is 0 Å². The molecule has 0 N–H and O–H groups in total. The van der Waals surface area contributed by atoms with Crippen molar-refractivity contribution < 1.29 is 9.59 Å². The van der Waals surface area contributed by atoms with Gasteiger partial charge in [-0.05, 0) is 31.5 Å². The molecule has 1 aromatic carbocycles. The molecule has 1 aliphatic rings. The van der Waals surface area contributed by atoms with Crippen LogP contribution in [0.1, 0.15) is 42.7 Å². The first-order valence-electron chi connectivity index (χ1n) is 8.14. The second-order valence-electron chi connectivity index (χ2n) is 6.64. The van der Waals surface area contributed by atoms with Crippen LogP contribution >= 0.6 is 0 Å². The summed E-state index contributed by atoms with van der Waals surface area (Å²) in [6.07, 6.45) is 0. The van der Waals surface area contributed by atoms with Crippen molar-refractivity contribution in [3.63, 3.8) is 0 Å². The van der Waals surface area contributed by atoms with Crippen molar-refractivity contribution in [1.82, 2.24) is 14.7 Å². The van der Waals surface area contributed by atoms with Crippen molar-refractivity contribution in [1.29, 1.82) is 0 Å². The molecule has 23 heavy (non-hydrogen) atoms. The average molecular weight is 317 g/mol. The fraction of sp³-hybridized carbons (Fsp3) is 0.556. The van der Waals surface area contributed by atoms with Crippen LogP contribution in [0.3, 0.4) is 0 Å². The number of amides is 2. The fourth-order valence-corrected chi connectivity index (χ4v) is 3.07. The van der Waals surface area contributed by atoms with E-state index < -0.39 is 0 Å².